The van der Waals surface area contributed by atoms with Gasteiger partial charge in [0, 0.05) is 11.8 Å². The lowest BCUT2D eigenvalue weighted by Crippen LogP contribution is -2.35. The maximum absolute atomic E-state index is 13.0. The molecule has 0 saturated heterocycles. The fraction of sp³-hybridized carbons (Fsp3) is 0.316. The molecule has 0 bridgehead atoms. The molecular weight excluding hydrogens is 387 g/mol. The average molecular weight is 410 g/mol. The van der Waals surface area contributed by atoms with Crippen molar-refractivity contribution in [2.24, 2.45) is 0 Å². The first-order chi connectivity index (χ1) is 13.2. The molecule has 2 rings (SSSR count). The van der Waals surface area contributed by atoms with Crippen LogP contribution in [0.15, 0.2) is 48.5 Å². The zero-order chi connectivity index (χ0) is 20.6. The summed E-state index contributed by atoms with van der Waals surface area (Å²) in [6.07, 6.45) is 0.0103. The van der Waals surface area contributed by atoms with Crippen LogP contribution >= 0.6 is 0 Å². The summed E-state index contributed by atoms with van der Waals surface area (Å²) >= 11 is 0. The van der Waals surface area contributed by atoms with E-state index in [1.807, 2.05) is 13.8 Å². The van der Waals surface area contributed by atoms with Crippen molar-refractivity contribution in [3.63, 3.8) is 0 Å². The summed E-state index contributed by atoms with van der Waals surface area (Å²) in [7, 11) is -3.86. The number of rotatable bonds is 10. The Bertz CT molecular complexity index is 885. The van der Waals surface area contributed by atoms with Crippen molar-refractivity contribution in [2.75, 3.05) is 23.6 Å². The topological polar surface area (TPSA) is 93.7 Å². The first kappa shape index (κ1) is 21.5. The SMILES string of the molecule is CC(C)Oc1ccc(NS(=O)(=O)CC(=O)NCCOc2cccc(F)c2)cc1. The molecule has 0 unspecified atom stereocenters. The summed E-state index contributed by atoms with van der Waals surface area (Å²) < 4.78 is 50.3. The van der Waals surface area contributed by atoms with E-state index in [1.165, 1.54) is 18.2 Å². The number of amides is 1. The van der Waals surface area contributed by atoms with Gasteiger partial charge in [0.05, 0.1) is 12.6 Å². The van der Waals surface area contributed by atoms with E-state index in [0.717, 1.165) is 0 Å². The molecule has 0 aliphatic rings. The second kappa shape index (κ2) is 9.93. The van der Waals surface area contributed by atoms with Gasteiger partial charge in [-0.3, -0.25) is 9.52 Å². The zero-order valence-corrected chi connectivity index (χ0v) is 16.5. The Balaban J connectivity index is 1.75. The number of anilines is 1. The van der Waals surface area contributed by atoms with Crippen LogP contribution < -0.4 is 19.5 Å². The maximum Gasteiger partial charge on any atom is 0.241 e. The van der Waals surface area contributed by atoms with E-state index in [2.05, 4.69) is 10.0 Å². The highest BCUT2D eigenvalue weighted by atomic mass is 32.2. The largest absolute Gasteiger partial charge is 0.492 e. The Morgan fingerprint density at radius 3 is 2.46 bits per heavy atom. The van der Waals surface area contributed by atoms with Gasteiger partial charge in [0.2, 0.25) is 15.9 Å². The van der Waals surface area contributed by atoms with Crippen molar-refractivity contribution < 1.29 is 27.1 Å². The van der Waals surface area contributed by atoms with Crippen LogP contribution in [-0.4, -0.2) is 39.3 Å². The predicted octanol–water partition coefficient (Wildman–Crippen LogP) is 2.55. The summed E-state index contributed by atoms with van der Waals surface area (Å²) in [5.41, 5.74) is 0.332. The van der Waals surface area contributed by atoms with Gasteiger partial charge in [0.1, 0.15) is 29.7 Å². The lowest BCUT2D eigenvalue weighted by atomic mass is 10.3. The van der Waals surface area contributed by atoms with Crippen LogP contribution in [-0.2, 0) is 14.8 Å². The average Bonchev–Trinajstić information content (AvgIpc) is 2.59. The second-order valence-corrected chi connectivity index (χ2v) is 7.93. The third-order valence-corrected chi connectivity index (χ3v) is 4.50. The van der Waals surface area contributed by atoms with Gasteiger partial charge < -0.3 is 14.8 Å². The molecule has 0 fully saturated rings. The molecule has 1 amide bonds. The normalized spacial score (nSPS) is 11.1. The monoisotopic (exact) mass is 410 g/mol. The van der Waals surface area contributed by atoms with E-state index in [9.17, 15) is 17.6 Å². The number of carbonyl (C=O) groups excluding carboxylic acids is 1. The highest BCUT2D eigenvalue weighted by Crippen LogP contribution is 2.18. The molecule has 0 atom stereocenters. The van der Waals surface area contributed by atoms with Gasteiger partial charge in [0.15, 0.2) is 0 Å². The van der Waals surface area contributed by atoms with Gasteiger partial charge in [-0.1, -0.05) is 6.07 Å². The van der Waals surface area contributed by atoms with Gasteiger partial charge in [-0.2, -0.15) is 0 Å². The summed E-state index contributed by atoms with van der Waals surface area (Å²) in [6, 6.07) is 12.0. The molecule has 0 aliphatic carbocycles. The third-order valence-electron chi connectivity index (χ3n) is 3.31. The molecule has 2 aromatic carbocycles. The minimum absolute atomic E-state index is 0.0103. The van der Waals surface area contributed by atoms with Crippen molar-refractivity contribution in [3.8, 4) is 11.5 Å². The molecule has 2 N–H and O–H groups in total. The van der Waals surface area contributed by atoms with Crippen molar-refractivity contribution >= 4 is 21.6 Å². The fourth-order valence-corrected chi connectivity index (χ4v) is 3.24. The van der Waals surface area contributed by atoms with Crippen LogP contribution in [0.1, 0.15) is 13.8 Å². The van der Waals surface area contributed by atoms with Gasteiger partial charge in [-0.25, -0.2) is 12.8 Å². The quantitative estimate of drug-likeness (QED) is 0.587. The Hall–Kier alpha value is -2.81. The summed E-state index contributed by atoms with van der Waals surface area (Å²) in [5, 5.41) is 2.44. The molecule has 7 nitrogen and oxygen atoms in total. The van der Waals surface area contributed by atoms with Gasteiger partial charge in [-0.05, 0) is 50.2 Å². The van der Waals surface area contributed by atoms with Crippen LogP contribution in [0.2, 0.25) is 0 Å². The number of carbonyl (C=O) groups is 1. The molecule has 0 aliphatic heterocycles. The molecular formula is C19H23FN2O5S. The van der Waals surface area contributed by atoms with E-state index < -0.39 is 27.5 Å². The van der Waals surface area contributed by atoms with Crippen LogP contribution in [0, 0.1) is 5.82 Å². The fourth-order valence-electron chi connectivity index (χ4n) is 2.23. The van der Waals surface area contributed by atoms with E-state index in [-0.39, 0.29) is 19.3 Å². The van der Waals surface area contributed by atoms with Gasteiger partial charge in [-0.15, -0.1) is 0 Å². The lowest BCUT2D eigenvalue weighted by Gasteiger charge is -2.12. The smallest absolute Gasteiger partial charge is 0.241 e. The number of hydrogen-bond acceptors (Lipinski definition) is 5. The van der Waals surface area contributed by atoms with Crippen LogP contribution in [0.25, 0.3) is 0 Å². The van der Waals surface area contributed by atoms with Crippen LogP contribution in [0.4, 0.5) is 10.1 Å². The van der Waals surface area contributed by atoms with Crippen molar-refractivity contribution in [1.29, 1.82) is 0 Å². The Morgan fingerprint density at radius 2 is 1.82 bits per heavy atom. The molecule has 0 saturated carbocycles. The molecule has 152 valence electrons. The van der Waals surface area contributed by atoms with Crippen molar-refractivity contribution in [3.05, 3.63) is 54.3 Å². The van der Waals surface area contributed by atoms with Crippen LogP contribution in [0.5, 0.6) is 11.5 Å². The number of nitrogens with one attached hydrogen (secondary N) is 2. The predicted molar refractivity (Wildman–Crippen MR) is 105 cm³/mol. The molecule has 9 heteroatoms. The van der Waals surface area contributed by atoms with Crippen molar-refractivity contribution in [2.45, 2.75) is 20.0 Å². The maximum atomic E-state index is 13.0. The lowest BCUT2D eigenvalue weighted by molar-refractivity contribution is -0.118. The second-order valence-electron chi connectivity index (χ2n) is 6.21. The first-order valence-electron chi connectivity index (χ1n) is 8.66. The van der Waals surface area contributed by atoms with E-state index in [1.54, 1.807) is 30.3 Å². The number of ether oxygens (including phenoxy) is 2. The molecule has 0 aromatic heterocycles. The Kier molecular flexibility index (Phi) is 7.62. The zero-order valence-electron chi connectivity index (χ0n) is 15.6. The number of halogens is 1. The van der Waals surface area contributed by atoms with Crippen LogP contribution in [0.3, 0.4) is 0 Å². The number of hydrogen-bond donors (Lipinski definition) is 2. The minimum Gasteiger partial charge on any atom is -0.492 e. The van der Waals surface area contributed by atoms with Gasteiger partial charge >= 0.3 is 0 Å². The van der Waals surface area contributed by atoms with Gasteiger partial charge in [0.25, 0.3) is 0 Å². The Morgan fingerprint density at radius 1 is 1.11 bits per heavy atom. The molecule has 28 heavy (non-hydrogen) atoms. The molecule has 0 spiro atoms. The molecule has 2 aromatic rings. The number of sulfonamides is 1. The summed E-state index contributed by atoms with van der Waals surface area (Å²) in [5.74, 6) is -0.878. The van der Waals surface area contributed by atoms with E-state index in [4.69, 9.17) is 9.47 Å². The highest BCUT2D eigenvalue weighted by molar-refractivity contribution is 7.93. The van der Waals surface area contributed by atoms with Crippen molar-refractivity contribution in [1.82, 2.24) is 5.32 Å². The first-order valence-corrected chi connectivity index (χ1v) is 10.3. The standard InChI is InChI=1S/C19H23FN2O5S/c1-14(2)27-17-8-6-16(7-9-17)22-28(24,25)13-19(23)21-10-11-26-18-5-3-4-15(20)12-18/h3-9,12,14,22H,10-11,13H2,1-2H3,(H,21,23). The molecule has 0 heterocycles. The van der Waals surface area contributed by atoms with E-state index in [0.29, 0.717) is 17.2 Å². The molecule has 0 radical (unpaired) electrons. The summed E-state index contributed by atoms with van der Waals surface area (Å²) in [4.78, 5) is 11.8. The summed E-state index contributed by atoms with van der Waals surface area (Å²) in [6.45, 7) is 3.95. The minimum atomic E-state index is -3.86. The van der Waals surface area contributed by atoms with E-state index >= 15 is 0 Å². The number of benzene rings is 2. The highest BCUT2D eigenvalue weighted by Gasteiger charge is 2.16. The third kappa shape index (κ3) is 7.83. The Labute approximate surface area is 163 Å².